The fourth-order valence-corrected chi connectivity index (χ4v) is 5.06. The highest BCUT2D eigenvalue weighted by Crippen LogP contribution is 2.26. The predicted molar refractivity (Wildman–Crippen MR) is 151 cm³/mol. The number of benzene rings is 1. The van der Waals surface area contributed by atoms with Crippen LogP contribution in [0.15, 0.2) is 36.4 Å². The molecule has 2 fully saturated rings. The Morgan fingerprint density at radius 2 is 1.67 bits per heavy atom. The van der Waals surface area contributed by atoms with E-state index in [2.05, 4.69) is 20.6 Å². The average Bonchev–Trinajstić information content (AvgIpc) is 3.55. The smallest absolute Gasteiger partial charge is 0.409 e. The Morgan fingerprint density at radius 1 is 1.00 bits per heavy atom. The van der Waals surface area contributed by atoms with E-state index in [4.69, 9.17) is 4.74 Å². The number of anilines is 1. The normalized spacial score (nSPS) is 16.0. The molecule has 1 unspecified atom stereocenters. The van der Waals surface area contributed by atoms with Gasteiger partial charge in [-0.15, -0.1) is 0 Å². The molecule has 1 aromatic carbocycles. The van der Waals surface area contributed by atoms with Gasteiger partial charge in [0.2, 0.25) is 11.8 Å². The molecule has 224 valence electrons. The van der Waals surface area contributed by atoms with E-state index in [9.17, 15) is 29.1 Å². The summed E-state index contributed by atoms with van der Waals surface area (Å²) in [5.41, 5.74) is 0.548. The maximum Gasteiger partial charge on any atom is 0.409 e. The molecule has 42 heavy (non-hydrogen) atoms. The van der Waals surface area contributed by atoms with Crippen LogP contribution in [0.3, 0.4) is 0 Å². The molecule has 2 heterocycles. The van der Waals surface area contributed by atoms with Crippen molar-refractivity contribution < 1.29 is 33.8 Å². The van der Waals surface area contributed by atoms with Gasteiger partial charge >= 0.3 is 12.1 Å². The molecule has 1 saturated carbocycles. The van der Waals surface area contributed by atoms with Gasteiger partial charge in [0.15, 0.2) is 5.82 Å². The van der Waals surface area contributed by atoms with Crippen molar-refractivity contribution in [3.05, 3.63) is 42.1 Å². The monoisotopic (exact) mass is 580 g/mol. The summed E-state index contributed by atoms with van der Waals surface area (Å²) in [4.78, 5) is 74.9. The fourth-order valence-electron chi connectivity index (χ4n) is 5.06. The maximum atomic E-state index is 13.5. The third-order valence-electron chi connectivity index (χ3n) is 7.34. The van der Waals surface area contributed by atoms with Crippen molar-refractivity contribution in [3.8, 4) is 11.4 Å². The van der Waals surface area contributed by atoms with Crippen molar-refractivity contribution >= 4 is 35.6 Å². The standard InChI is InChI=1S/C29H36N6O7/c1-2-42-29(41)35-16-14-34(15-17-35)28(40)21(12-13-24(36)37)31-27(39)22-18-23(33-26(38)20-10-6-7-11-20)32-25(30-22)19-8-4-3-5-9-19/h3-5,8-9,18,20-21H,2,6-7,10-17H2,1H3,(H,31,39)(H,36,37)(H,30,32,33,38). The number of amides is 4. The lowest BCUT2D eigenvalue weighted by atomic mass is 10.1. The first kappa shape index (κ1) is 30.4. The van der Waals surface area contributed by atoms with Crippen LogP contribution in [0.25, 0.3) is 11.4 Å². The van der Waals surface area contributed by atoms with Gasteiger partial charge in [0.1, 0.15) is 17.6 Å². The summed E-state index contributed by atoms with van der Waals surface area (Å²) in [5.74, 6) is -2.20. The van der Waals surface area contributed by atoms with E-state index in [0.29, 0.717) is 5.56 Å². The number of carboxylic acids is 1. The number of carbonyl (C=O) groups is 5. The zero-order valence-electron chi connectivity index (χ0n) is 23.6. The molecule has 1 aromatic heterocycles. The first-order valence-electron chi connectivity index (χ1n) is 14.2. The number of hydrogen-bond acceptors (Lipinski definition) is 8. The lowest BCUT2D eigenvalue weighted by Gasteiger charge is -2.35. The van der Waals surface area contributed by atoms with Gasteiger partial charge in [0, 0.05) is 50.1 Å². The number of piperazine rings is 1. The fraction of sp³-hybridized carbons (Fsp3) is 0.483. The minimum Gasteiger partial charge on any atom is -0.481 e. The van der Waals surface area contributed by atoms with Crippen molar-refractivity contribution in [1.82, 2.24) is 25.1 Å². The van der Waals surface area contributed by atoms with Crippen LogP contribution in [-0.4, -0.2) is 93.5 Å². The van der Waals surface area contributed by atoms with Crippen LogP contribution >= 0.6 is 0 Å². The van der Waals surface area contributed by atoms with E-state index in [0.717, 1.165) is 25.7 Å². The number of aromatic nitrogens is 2. The molecule has 3 N–H and O–H groups in total. The van der Waals surface area contributed by atoms with E-state index in [-0.39, 0.29) is 74.8 Å². The lowest BCUT2D eigenvalue weighted by Crippen LogP contribution is -2.56. The van der Waals surface area contributed by atoms with Crippen LogP contribution in [0.4, 0.5) is 10.6 Å². The lowest BCUT2D eigenvalue weighted by molar-refractivity contribution is -0.138. The summed E-state index contributed by atoms with van der Waals surface area (Å²) >= 11 is 0. The molecule has 13 heteroatoms. The van der Waals surface area contributed by atoms with Crippen LogP contribution in [0.1, 0.15) is 55.9 Å². The number of hydrogen-bond donors (Lipinski definition) is 3. The van der Waals surface area contributed by atoms with Gasteiger partial charge in [-0.25, -0.2) is 14.8 Å². The van der Waals surface area contributed by atoms with Gasteiger partial charge in [0.25, 0.3) is 5.91 Å². The number of nitrogens with one attached hydrogen (secondary N) is 2. The highest BCUT2D eigenvalue weighted by atomic mass is 16.6. The van der Waals surface area contributed by atoms with Crippen LogP contribution < -0.4 is 10.6 Å². The summed E-state index contributed by atoms with van der Waals surface area (Å²) < 4.78 is 5.02. The highest BCUT2D eigenvalue weighted by Gasteiger charge is 2.31. The predicted octanol–water partition coefficient (Wildman–Crippen LogP) is 2.54. The molecular formula is C29H36N6O7. The van der Waals surface area contributed by atoms with Crippen molar-refractivity contribution in [2.24, 2.45) is 5.92 Å². The minimum atomic E-state index is -1.14. The minimum absolute atomic E-state index is 0.0779. The van der Waals surface area contributed by atoms with Gasteiger partial charge in [-0.1, -0.05) is 43.2 Å². The van der Waals surface area contributed by atoms with E-state index in [1.165, 1.54) is 15.9 Å². The number of nitrogens with zero attached hydrogens (tertiary/aromatic N) is 4. The first-order chi connectivity index (χ1) is 20.2. The second-order valence-corrected chi connectivity index (χ2v) is 10.3. The zero-order chi connectivity index (χ0) is 30.1. The Hall–Kier alpha value is -4.55. The van der Waals surface area contributed by atoms with Crippen molar-refractivity contribution in [2.75, 3.05) is 38.1 Å². The van der Waals surface area contributed by atoms with Crippen molar-refractivity contribution in [3.63, 3.8) is 0 Å². The molecule has 0 bridgehead atoms. The Morgan fingerprint density at radius 3 is 2.31 bits per heavy atom. The first-order valence-corrected chi connectivity index (χ1v) is 14.2. The molecule has 1 aliphatic heterocycles. The van der Waals surface area contributed by atoms with Crippen molar-refractivity contribution in [2.45, 2.75) is 51.5 Å². The Kier molecular flexibility index (Phi) is 10.4. The summed E-state index contributed by atoms with van der Waals surface area (Å²) in [5, 5.41) is 14.7. The number of ether oxygens (including phenoxy) is 1. The number of aliphatic carboxylic acids is 1. The molecular weight excluding hydrogens is 544 g/mol. The third-order valence-corrected chi connectivity index (χ3v) is 7.34. The highest BCUT2D eigenvalue weighted by molar-refractivity contribution is 5.98. The molecule has 1 saturated heterocycles. The molecule has 1 atom stereocenters. The SMILES string of the molecule is CCOC(=O)N1CCN(C(=O)C(CCC(=O)O)NC(=O)c2cc(NC(=O)C3CCCC3)nc(-c3ccccc3)n2)CC1. The second-order valence-electron chi connectivity index (χ2n) is 10.3. The molecule has 4 rings (SSSR count). The van der Waals surface area contributed by atoms with Gasteiger partial charge in [-0.05, 0) is 26.2 Å². The molecule has 2 aliphatic rings. The summed E-state index contributed by atoms with van der Waals surface area (Å²) in [6.45, 7) is 2.87. The zero-order valence-corrected chi connectivity index (χ0v) is 23.6. The van der Waals surface area contributed by atoms with Crippen LogP contribution in [-0.2, 0) is 19.1 Å². The molecule has 0 spiro atoms. The largest absolute Gasteiger partial charge is 0.481 e. The summed E-state index contributed by atoms with van der Waals surface area (Å²) in [6, 6.07) is 9.17. The Bertz CT molecular complexity index is 1290. The van der Waals surface area contributed by atoms with Gasteiger partial charge in [-0.2, -0.15) is 0 Å². The number of carbonyl (C=O) groups excluding carboxylic acids is 4. The number of carboxylic acid groups (broad SMARTS) is 1. The van der Waals surface area contributed by atoms with E-state index in [1.807, 2.05) is 6.07 Å². The van der Waals surface area contributed by atoms with Crippen LogP contribution in [0.2, 0.25) is 0 Å². The van der Waals surface area contributed by atoms with Crippen molar-refractivity contribution in [1.29, 1.82) is 0 Å². The van der Waals surface area contributed by atoms with Gasteiger partial charge < -0.3 is 30.3 Å². The quantitative estimate of drug-likeness (QED) is 0.382. The van der Waals surface area contributed by atoms with Gasteiger partial charge in [-0.3, -0.25) is 19.2 Å². The summed E-state index contributed by atoms with van der Waals surface area (Å²) in [7, 11) is 0. The van der Waals surface area contributed by atoms with Crippen LogP contribution in [0.5, 0.6) is 0 Å². The average molecular weight is 581 g/mol. The van der Waals surface area contributed by atoms with Crippen LogP contribution in [0, 0.1) is 5.92 Å². The molecule has 1 aliphatic carbocycles. The molecule has 4 amide bonds. The molecule has 13 nitrogen and oxygen atoms in total. The molecule has 0 radical (unpaired) electrons. The van der Waals surface area contributed by atoms with Gasteiger partial charge in [0.05, 0.1) is 6.61 Å². The van der Waals surface area contributed by atoms with E-state index < -0.39 is 29.9 Å². The summed E-state index contributed by atoms with van der Waals surface area (Å²) in [6.07, 6.45) is 2.59. The second kappa shape index (κ2) is 14.4. The van der Waals surface area contributed by atoms with E-state index in [1.54, 1.807) is 31.2 Å². The van der Waals surface area contributed by atoms with E-state index >= 15 is 0 Å². The Balaban J connectivity index is 1.53. The number of rotatable bonds is 10. The topological polar surface area (TPSA) is 171 Å². The Labute approximate surface area is 243 Å². The maximum absolute atomic E-state index is 13.5. The molecule has 2 aromatic rings. The third kappa shape index (κ3) is 8.02.